The second-order valence-corrected chi connectivity index (χ2v) is 4.14. The Hall–Kier alpha value is -2.10. The number of rotatable bonds is 5. The van der Waals surface area contributed by atoms with Crippen LogP contribution in [0.25, 0.3) is 0 Å². The van der Waals surface area contributed by atoms with Crippen molar-refractivity contribution in [2.75, 3.05) is 18.5 Å². The molecule has 4 nitrogen and oxygen atoms in total. The minimum Gasteiger partial charge on any atom is -0.492 e. The zero-order valence-corrected chi connectivity index (χ0v) is 10.7. The lowest BCUT2D eigenvalue weighted by Crippen LogP contribution is -2.12. The van der Waals surface area contributed by atoms with Crippen LogP contribution in [0.3, 0.4) is 0 Å². The van der Waals surface area contributed by atoms with E-state index in [4.69, 9.17) is 4.74 Å². The van der Waals surface area contributed by atoms with Gasteiger partial charge in [-0.3, -0.25) is 0 Å². The van der Waals surface area contributed by atoms with Crippen molar-refractivity contribution in [1.82, 2.24) is 9.97 Å². The molecule has 0 atom stereocenters. The molecular formula is C14H17N3O. The summed E-state index contributed by atoms with van der Waals surface area (Å²) in [5.41, 5.74) is 2.15. The van der Waals surface area contributed by atoms with Crippen LogP contribution in [0.5, 0.6) is 5.75 Å². The summed E-state index contributed by atoms with van der Waals surface area (Å²) in [6, 6.07) is 9.93. The fourth-order valence-electron chi connectivity index (χ4n) is 1.60. The Balaban J connectivity index is 1.76. The van der Waals surface area contributed by atoms with Crippen LogP contribution in [0.2, 0.25) is 0 Å². The number of benzene rings is 1. The van der Waals surface area contributed by atoms with E-state index in [0.29, 0.717) is 13.2 Å². The zero-order valence-electron chi connectivity index (χ0n) is 10.7. The molecule has 18 heavy (non-hydrogen) atoms. The molecule has 0 unspecified atom stereocenters. The summed E-state index contributed by atoms with van der Waals surface area (Å²) in [5, 5.41) is 3.19. The third-order valence-electron chi connectivity index (χ3n) is 2.47. The van der Waals surface area contributed by atoms with Gasteiger partial charge in [-0.15, -0.1) is 0 Å². The van der Waals surface area contributed by atoms with E-state index in [1.807, 2.05) is 31.2 Å². The first-order valence-electron chi connectivity index (χ1n) is 5.96. The third kappa shape index (κ3) is 3.73. The smallest absolute Gasteiger partial charge is 0.129 e. The minimum absolute atomic E-state index is 0.604. The SMILES string of the molecule is Cc1cccc(OCCNc2cc(C)ncn2)c1. The van der Waals surface area contributed by atoms with Crippen molar-refractivity contribution >= 4 is 5.82 Å². The van der Waals surface area contributed by atoms with Crippen LogP contribution in [0, 0.1) is 13.8 Å². The van der Waals surface area contributed by atoms with Crippen molar-refractivity contribution in [3.63, 3.8) is 0 Å². The molecule has 1 aromatic carbocycles. The number of nitrogens with zero attached hydrogens (tertiary/aromatic N) is 2. The lowest BCUT2D eigenvalue weighted by Gasteiger charge is -2.08. The van der Waals surface area contributed by atoms with Gasteiger partial charge in [0.15, 0.2) is 0 Å². The molecule has 0 radical (unpaired) electrons. The van der Waals surface area contributed by atoms with Gasteiger partial charge in [0, 0.05) is 11.8 Å². The van der Waals surface area contributed by atoms with Crippen molar-refractivity contribution in [3.8, 4) is 5.75 Å². The summed E-state index contributed by atoms with van der Waals surface area (Å²) in [4.78, 5) is 8.16. The van der Waals surface area contributed by atoms with Gasteiger partial charge < -0.3 is 10.1 Å². The Morgan fingerprint density at radius 2 is 2.06 bits per heavy atom. The molecule has 94 valence electrons. The summed E-state index contributed by atoms with van der Waals surface area (Å²) >= 11 is 0. The summed E-state index contributed by atoms with van der Waals surface area (Å²) in [6.07, 6.45) is 1.55. The molecule has 0 fully saturated rings. The molecule has 0 aliphatic rings. The van der Waals surface area contributed by atoms with Gasteiger partial charge in [0.25, 0.3) is 0 Å². The molecule has 0 spiro atoms. The highest BCUT2D eigenvalue weighted by Gasteiger charge is 1.96. The second-order valence-electron chi connectivity index (χ2n) is 4.14. The summed E-state index contributed by atoms with van der Waals surface area (Å²) in [7, 11) is 0. The highest BCUT2D eigenvalue weighted by molar-refractivity contribution is 5.34. The Bertz CT molecular complexity index is 466. The molecule has 1 aromatic heterocycles. The highest BCUT2D eigenvalue weighted by atomic mass is 16.5. The van der Waals surface area contributed by atoms with Crippen LogP contribution in [-0.2, 0) is 0 Å². The van der Waals surface area contributed by atoms with Crippen LogP contribution in [0.4, 0.5) is 5.82 Å². The highest BCUT2D eigenvalue weighted by Crippen LogP contribution is 2.12. The van der Waals surface area contributed by atoms with Crippen LogP contribution < -0.4 is 10.1 Å². The predicted molar refractivity (Wildman–Crippen MR) is 71.9 cm³/mol. The maximum atomic E-state index is 5.63. The predicted octanol–water partition coefficient (Wildman–Crippen LogP) is 2.58. The van der Waals surface area contributed by atoms with Crippen molar-refractivity contribution in [1.29, 1.82) is 0 Å². The minimum atomic E-state index is 0.604. The molecule has 2 rings (SSSR count). The second kappa shape index (κ2) is 6.00. The fraction of sp³-hybridized carbons (Fsp3) is 0.286. The van der Waals surface area contributed by atoms with E-state index in [1.165, 1.54) is 5.56 Å². The molecule has 0 saturated carbocycles. The lowest BCUT2D eigenvalue weighted by molar-refractivity contribution is 0.332. The van der Waals surface area contributed by atoms with E-state index >= 15 is 0 Å². The first-order valence-corrected chi connectivity index (χ1v) is 5.96. The molecule has 1 heterocycles. The summed E-state index contributed by atoms with van der Waals surface area (Å²) in [6.45, 7) is 5.31. The van der Waals surface area contributed by atoms with E-state index in [-0.39, 0.29) is 0 Å². The van der Waals surface area contributed by atoms with Crippen LogP contribution >= 0.6 is 0 Å². The number of aryl methyl sites for hydroxylation is 2. The normalized spacial score (nSPS) is 10.1. The quantitative estimate of drug-likeness (QED) is 0.820. The van der Waals surface area contributed by atoms with Gasteiger partial charge in [0.05, 0.1) is 6.54 Å². The first-order chi connectivity index (χ1) is 8.74. The van der Waals surface area contributed by atoms with Gasteiger partial charge in [-0.05, 0) is 31.5 Å². The lowest BCUT2D eigenvalue weighted by atomic mass is 10.2. The standard InChI is InChI=1S/C14H17N3O/c1-11-4-3-5-13(8-11)18-7-6-15-14-9-12(2)16-10-17-14/h3-5,8-10H,6-7H2,1-2H3,(H,15,16,17). The number of aromatic nitrogens is 2. The van der Waals surface area contributed by atoms with Crippen LogP contribution in [-0.4, -0.2) is 23.1 Å². The van der Waals surface area contributed by atoms with Gasteiger partial charge in [-0.25, -0.2) is 9.97 Å². The number of ether oxygens (including phenoxy) is 1. The molecule has 4 heteroatoms. The molecule has 0 amide bonds. The molecule has 0 aliphatic heterocycles. The van der Waals surface area contributed by atoms with Crippen molar-refractivity contribution in [2.45, 2.75) is 13.8 Å². The molecule has 0 bridgehead atoms. The first kappa shape index (κ1) is 12.4. The van der Waals surface area contributed by atoms with E-state index < -0.39 is 0 Å². The Kier molecular flexibility index (Phi) is 4.12. The zero-order chi connectivity index (χ0) is 12.8. The van der Waals surface area contributed by atoms with Crippen molar-refractivity contribution in [2.24, 2.45) is 0 Å². The van der Waals surface area contributed by atoms with Crippen molar-refractivity contribution < 1.29 is 4.74 Å². The number of hydrogen-bond donors (Lipinski definition) is 1. The van der Waals surface area contributed by atoms with E-state index in [0.717, 1.165) is 17.3 Å². The molecule has 1 N–H and O–H groups in total. The summed E-state index contributed by atoms with van der Waals surface area (Å²) < 4.78 is 5.63. The topological polar surface area (TPSA) is 47.0 Å². The molecular weight excluding hydrogens is 226 g/mol. The average molecular weight is 243 g/mol. The maximum absolute atomic E-state index is 5.63. The van der Waals surface area contributed by atoms with Crippen LogP contribution in [0.15, 0.2) is 36.7 Å². The number of nitrogens with one attached hydrogen (secondary N) is 1. The fourth-order valence-corrected chi connectivity index (χ4v) is 1.60. The van der Waals surface area contributed by atoms with E-state index in [2.05, 4.69) is 28.3 Å². The van der Waals surface area contributed by atoms with Gasteiger partial charge in [-0.2, -0.15) is 0 Å². The van der Waals surface area contributed by atoms with Crippen LogP contribution in [0.1, 0.15) is 11.3 Å². The Morgan fingerprint density at radius 1 is 1.17 bits per heavy atom. The molecule has 0 saturated heterocycles. The molecule has 2 aromatic rings. The largest absolute Gasteiger partial charge is 0.492 e. The summed E-state index contributed by atoms with van der Waals surface area (Å²) in [5.74, 6) is 1.73. The van der Waals surface area contributed by atoms with Crippen molar-refractivity contribution in [3.05, 3.63) is 47.9 Å². The monoisotopic (exact) mass is 243 g/mol. The Morgan fingerprint density at radius 3 is 2.83 bits per heavy atom. The van der Waals surface area contributed by atoms with Gasteiger partial charge >= 0.3 is 0 Å². The Labute approximate surface area is 107 Å². The van der Waals surface area contributed by atoms with Gasteiger partial charge in [0.2, 0.25) is 0 Å². The van der Waals surface area contributed by atoms with Gasteiger partial charge in [-0.1, -0.05) is 12.1 Å². The van der Waals surface area contributed by atoms with E-state index in [1.54, 1.807) is 6.33 Å². The number of anilines is 1. The number of hydrogen-bond acceptors (Lipinski definition) is 4. The maximum Gasteiger partial charge on any atom is 0.129 e. The molecule has 0 aliphatic carbocycles. The third-order valence-corrected chi connectivity index (χ3v) is 2.47. The van der Waals surface area contributed by atoms with Gasteiger partial charge in [0.1, 0.15) is 24.5 Å². The van der Waals surface area contributed by atoms with E-state index in [9.17, 15) is 0 Å². The average Bonchev–Trinajstić information content (AvgIpc) is 2.35.